The summed E-state index contributed by atoms with van der Waals surface area (Å²) in [4.78, 5) is 22.8. The van der Waals surface area contributed by atoms with E-state index in [2.05, 4.69) is 10.6 Å². The molecule has 0 bridgehead atoms. The van der Waals surface area contributed by atoms with Crippen LogP contribution in [0, 0.1) is 15.5 Å². The number of benzene rings is 1. The molecule has 7 heteroatoms. The Balaban J connectivity index is 2.17. The van der Waals surface area contributed by atoms with Crippen LogP contribution in [-0.2, 0) is 4.79 Å². The van der Waals surface area contributed by atoms with Crippen LogP contribution in [0.3, 0.4) is 0 Å². The number of carbonyl (C=O) groups is 1. The lowest BCUT2D eigenvalue weighted by atomic mass is 9.80. The Kier molecular flexibility index (Phi) is 4.42. The highest BCUT2D eigenvalue weighted by molar-refractivity contribution is 5.95. The average Bonchev–Trinajstić information content (AvgIpc) is 2.47. The molecule has 1 aromatic rings. The summed E-state index contributed by atoms with van der Waals surface area (Å²) in [7, 11) is 1.37. The average molecular weight is 293 g/mol. The highest BCUT2D eigenvalue weighted by Gasteiger charge is 2.34. The molecule has 1 heterocycles. The second kappa shape index (κ2) is 6.09. The van der Waals surface area contributed by atoms with Crippen LogP contribution in [-0.4, -0.2) is 31.0 Å². The van der Waals surface area contributed by atoms with E-state index >= 15 is 0 Å². The minimum absolute atomic E-state index is 0.108. The molecule has 7 nitrogen and oxygen atoms in total. The number of nitro groups is 1. The fourth-order valence-electron chi connectivity index (χ4n) is 2.40. The van der Waals surface area contributed by atoms with E-state index in [1.54, 1.807) is 6.07 Å². The van der Waals surface area contributed by atoms with Gasteiger partial charge >= 0.3 is 5.69 Å². The molecule has 0 radical (unpaired) electrons. The molecule has 0 spiro atoms. The van der Waals surface area contributed by atoms with E-state index in [1.165, 1.54) is 19.2 Å². The van der Waals surface area contributed by atoms with Crippen LogP contribution in [0.4, 0.5) is 11.4 Å². The summed E-state index contributed by atoms with van der Waals surface area (Å²) in [6.45, 7) is 3.51. The Bertz CT molecular complexity index is 553. The first-order valence-corrected chi connectivity index (χ1v) is 6.81. The Morgan fingerprint density at radius 1 is 1.43 bits per heavy atom. The van der Waals surface area contributed by atoms with Crippen LogP contribution in [0.25, 0.3) is 0 Å². The van der Waals surface area contributed by atoms with Crippen molar-refractivity contribution in [2.24, 2.45) is 5.41 Å². The first kappa shape index (κ1) is 15.2. The second-order valence-corrected chi connectivity index (χ2v) is 5.41. The quantitative estimate of drug-likeness (QED) is 0.653. The van der Waals surface area contributed by atoms with Gasteiger partial charge in [-0.15, -0.1) is 0 Å². The standard InChI is InChI=1S/C14H19N3O4/c1-14(5-7-15-8-6-14)13(18)16-10-3-4-12(21-2)11(9-10)17(19)20/h3-4,9,15H,5-8H2,1-2H3,(H,16,18). The number of nitro benzene ring substituents is 1. The number of hydrogen-bond donors (Lipinski definition) is 2. The van der Waals surface area contributed by atoms with E-state index in [0.29, 0.717) is 5.69 Å². The largest absolute Gasteiger partial charge is 0.490 e. The zero-order valence-electron chi connectivity index (χ0n) is 12.1. The Labute approximate surface area is 122 Å². The molecule has 1 amide bonds. The molecule has 21 heavy (non-hydrogen) atoms. The predicted molar refractivity (Wildman–Crippen MR) is 78.5 cm³/mol. The van der Waals surface area contributed by atoms with Gasteiger partial charge in [0.05, 0.1) is 12.0 Å². The summed E-state index contributed by atoms with van der Waals surface area (Å²) >= 11 is 0. The van der Waals surface area contributed by atoms with Crippen molar-refractivity contribution in [3.8, 4) is 5.75 Å². The maximum Gasteiger partial charge on any atom is 0.312 e. The summed E-state index contributed by atoms with van der Waals surface area (Å²) in [5.41, 5.74) is -0.196. The molecule has 1 aliphatic rings. The smallest absolute Gasteiger partial charge is 0.312 e. The predicted octanol–water partition coefficient (Wildman–Crippen LogP) is 1.93. The fourth-order valence-corrected chi connectivity index (χ4v) is 2.40. The van der Waals surface area contributed by atoms with E-state index in [-0.39, 0.29) is 17.3 Å². The van der Waals surface area contributed by atoms with Crippen LogP contribution in [0.15, 0.2) is 18.2 Å². The van der Waals surface area contributed by atoms with Crippen molar-refractivity contribution in [3.63, 3.8) is 0 Å². The van der Waals surface area contributed by atoms with Crippen LogP contribution in [0.1, 0.15) is 19.8 Å². The van der Waals surface area contributed by atoms with Crippen molar-refractivity contribution >= 4 is 17.3 Å². The molecule has 0 saturated carbocycles. The molecule has 1 fully saturated rings. The number of nitrogens with one attached hydrogen (secondary N) is 2. The number of amides is 1. The second-order valence-electron chi connectivity index (χ2n) is 5.41. The molecule has 2 N–H and O–H groups in total. The Morgan fingerprint density at radius 3 is 2.67 bits per heavy atom. The fraction of sp³-hybridized carbons (Fsp3) is 0.500. The van der Waals surface area contributed by atoms with E-state index in [0.717, 1.165) is 25.9 Å². The van der Waals surface area contributed by atoms with Gasteiger partial charge in [0.2, 0.25) is 5.91 Å². The summed E-state index contributed by atoms with van der Waals surface area (Å²) in [5, 5.41) is 17.0. The van der Waals surface area contributed by atoms with Gasteiger partial charge in [-0.2, -0.15) is 0 Å². The maximum absolute atomic E-state index is 12.4. The molecule has 0 aliphatic carbocycles. The first-order chi connectivity index (χ1) is 9.96. The molecule has 1 aliphatic heterocycles. The minimum atomic E-state index is -0.527. The molecule has 0 aromatic heterocycles. The molecule has 0 unspecified atom stereocenters. The highest BCUT2D eigenvalue weighted by atomic mass is 16.6. The maximum atomic E-state index is 12.4. The monoisotopic (exact) mass is 293 g/mol. The van der Waals surface area contributed by atoms with Crippen LogP contribution in [0.5, 0.6) is 5.75 Å². The van der Waals surface area contributed by atoms with Crippen molar-refractivity contribution in [2.45, 2.75) is 19.8 Å². The number of carbonyl (C=O) groups excluding carboxylic acids is 1. The van der Waals surface area contributed by atoms with Crippen LogP contribution in [0.2, 0.25) is 0 Å². The van der Waals surface area contributed by atoms with Gasteiger partial charge in [-0.05, 0) is 38.1 Å². The minimum Gasteiger partial charge on any atom is -0.490 e. The third kappa shape index (κ3) is 3.30. The number of hydrogen-bond acceptors (Lipinski definition) is 5. The number of rotatable bonds is 4. The molecular formula is C14H19N3O4. The van der Waals surface area contributed by atoms with Gasteiger partial charge in [0.1, 0.15) is 0 Å². The Morgan fingerprint density at radius 2 is 2.10 bits per heavy atom. The zero-order chi connectivity index (χ0) is 15.5. The molecule has 0 atom stereocenters. The van der Waals surface area contributed by atoms with Crippen molar-refractivity contribution in [3.05, 3.63) is 28.3 Å². The van der Waals surface area contributed by atoms with Crippen LogP contribution >= 0.6 is 0 Å². The number of nitrogens with zero attached hydrogens (tertiary/aromatic N) is 1. The van der Waals surface area contributed by atoms with Gasteiger partial charge in [-0.1, -0.05) is 6.92 Å². The van der Waals surface area contributed by atoms with Crippen molar-refractivity contribution in [1.29, 1.82) is 0 Å². The van der Waals surface area contributed by atoms with E-state index in [4.69, 9.17) is 4.74 Å². The number of methoxy groups -OCH3 is 1. The molecular weight excluding hydrogens is 274 g/mol. The lowest BCUT2D eigenvalue weighted by Gasteiger charge is -2.32. The van der Waals surface area contributed by atoms with Gasteiger partial charge in [0.15, 0.2) is 5.75 Å². The number of piperidine rings is 1. The molecule has 1 aromatic carbocycles. The third-order valence-corrected chi connectivity index (χ3v) is 3.89. The SMILES string of the molecule is COc1ccc(NC(=O)C2(C)CCNCC2)cc1[N+](=O)[O-]. The number of anilines is 1. The summed E-state index contributed by atoms with van der Waals surface area (Å²) in [5.74, 6) is 0.0644. The van der Waals surface area contributed by atoms with E-state index < -0.39 is 10.3 Å². The third-order valence-electron chi connectivity index (χ3n) is 3.89. The molecule has 1 saturated heterocycles. The van der Waals surface area contributed by atoms with Gasteiger partial charge in [0, 0.05) is 17.2 Å². The van der Waals surface area contributed by atoms with Crippen LogP contribution < -0.4 is 15.4 Å². The summed E-state index contributed by atoms with van der Waals surface area (Å²) in [6, 6.07) is 4.41. The van der Waals surface area contributed by atoms with E-state index in [1.807, 2.05) is 6.92 Å². The molecule has 114 valence electrons. The zero-order valence-corrected chi connectivity index (χ0v) is 12.1. The lowest BCUT2D eigenvalue weighted by molar-refractivity contribution is -0.385. The first-order valence-electron chi connectivity index (χ1n) is 6.81. The summed E-state index contributed by atoms with van der Waals surface area (Å²) < 4.78 is 4.94. The van der Waals surface area contributed by atoms with Gasteiger partial charge in [-0.25, -0.2) is 0 Å². The van der Waals surface area contributed by atoms with Gasteiger partial charge in [0.25, 0.3) is 0 Å². The lowest BCUT2D eigenvalue weighted by Crippen LogP contribution is -2.42. The number of ether oxygens (including phenoxy) is 1. The normalized spacial score (nSPS) is 17.0. The van der Waals surface area contributed by atoms with Gasteiger partial charge < -0.3 is 15.4 Å². The topological polar surface area (TPSA) is 93.5 Å². The highest BCUT2D eigenvalue weighted by Crippen LogP contribution is 2.32. The molecule has 2 rings (SSSR count). The van der Waals surface area contributed by atoms with Crippen molar-refractivity contribution in [1.82, 2.24) is 5.32 Å². The van der Waals surface area contributed by atoms with Crippen molar-refractivity contribution < 1.29 is 14.5 Å². The van der Waals surface area contributed by atoms with Gasteiger partial charge in [-0.3, -0.25) is 14.9 Å². The van der Waals surface area contributed by atoms with E-state index in [9.17, 15) is 14.9 Å². The summed E-state index contributed by atoms with van der Waals surface area (Å²) in [6.07, 6.45) is 1.49. The van der Waals surface area contributed by atoms with Crippen molar-refractivity contribution in [2.75, 3.05) is 25.5 Å². The Hall–Kier alpha value is -2.15.